The van der Waals surface area contributed by atoms with Gasteiger partial charge in [-0.05, 0) is 43.3 Å². The Balaban J connectivity index is 1.60. The first-order valence-electron chi connectivity index (χ1n) is 8.88. The number of carbonyl (C=O) groups excluding carboxylic acids is 2. The first-order valence-corrected chi connectivity index (χ1v) is 8.88. The van der Waals surface area contributed by atoms with Crippen LogP contribution in [0.2, 0.25) is 0 Å². The molecule has 2 amide bonds. The molecule has 136 valence electrons. The fourth-order valence-corrected chi connectivity index (χ4v) is 3.08. The molecule has 0 aromatic heterocycles. The number of rotatable bonds is 3. The molecule has 1 aliphatic heterocycles. The third kappa shape index (κ3) is 3.87. The molecular weight excluding hydrogens is 326 g/mol. The Morgan fingerprint density at radius 3 is 1.50 bits per heavy atom. The zero-order valence-corrected chi connectivity index (χ0v) is 15.6. The SMILES string of the molecule is Cc1ccc(C(=O)N2CCN(C(=O)c3ccc(N(C)C)cc3)CC2)cc1. The highest BCUT2D eigenvalue weighted by Crippen LogP contribution is 2.16. The lowest BCUT2D eigenvalue weighted by atomic mass is 10.1. The van der Waals surface area contributed by atoms with Crippen LogP contribution < -0.4 is 4.90 Å². The van der Waals surface area contributed by atoms with E-state index in [1.54, 1.807) is 0 Å². The van der Waals surface area contributed by atoms with Gasteiger partial charge in [0.1, 0.15) is 0 Å². The van der Waals surface area contributed by atoms with Crippen LogP contribution in [0, 0.1) is 6.92 Å². The summed E-state index contributed by atoms with van der Waals surface area (Å²) in [6.45, 7) is 4.25. The van der Waals surface area contributed by atoms with E-state index in [-0.39, 0.29) is 11.8 Å². The van der Waals surface area contributed by atoms with Crippen LogP contribution in [0.25, 0.3) is 0 Å². The van der Waals surface area contributed by atoms with Crippen LogP contribution in [0.15, 0.2) is 48.5 Å². The van der Waals surface area contributed by atoms with Gasteiger partial charge in [-0.25, -0.2) is 0 Å². The smallest absolute Gasteiger partial charge is 0.253 e. The van der Waals surface area contributed by atoms with Crippen LogP contribution in [-0.4, -0.2) is 61.9 Å². The maximum atomic E-state index is 12.7. The topological polar surface area (TPSA) is 43.9 Å². The molecule has 5 heteroatoms. The largest absolute Gasteiger partial charge is 0.378 e. The van der Waals surface area contributed by atoms with E-state index < -0.39 is 0 Å². The average molecular weight is 351 g/mol. The zero-order chi connectivity index (χ0) is 18.7. The van der Waals surface area contributed by atoms with Crippen molar-refractivity contribution in [2.24, 2.45) is 0 Å². The number of hydrogen-bond donors (Lipinski definition) is 0. The van der Waals surface area contributed by atoms with Gasteiger partial charge in [0.15, 0.2) is 0 Å². The number of amides is 2. The Morgan fingerprint density at radius 1 is 0.731 bits per heavy atom. The van der Waals surface area contributed by atoms with Gasteiger partial charge in [-0.2, -0.15) is 0 Å². The minimum Gasteiger partial charge on any atom is -0.378 e. The van der Waals surface area contributed by atoms with Crippen molar-refractivity contribution in [2.75, 3.05) is 45.2 Å². The van der Waals surface area contributed by atoms with Gasteiger partial charge in [0.05, 0.1) is 0 Å². The van der Waals surface area contributed by atoms with Crippen LogP contribution in [0.5, 0.6) is 0 Å². The molecule has 0 bridgehead atoms. The summed E-state index contributed by atoms with van der Waals surface area (Å²) in [4.78, 5) is 30.9. The lowest BCUT2D eigenvalue weighted by Crippen LogP contribution is -2.50. The molecule has 0 unspecified atom stereocenters. The highest BCUT2D eigenvalue weighted by atomic mass is 16.2. The van der Waals surface area contributed by atoms with Crippen LogP contribution in [-0.2, 0) is 0 Å². The van der Waals surface area contributed by atoms with Gasteiger partial charge < -0.3 is 14.7 Å². The van der Waals surface area contributed by atoms with Gasteiger partial charge in [0.25, 0.3) is 11.8 Å². The minimum atomic E-state index is 0.0257. The number of benzene rings is 2. The molecule has 2 aromatic carbocycles. The second-order valence-electron chi connectivity index (χ2n) is 6.89. The summed E-state index contributed by atoms with van der Waals surface area (Å²) >= 11 is 0. The predicted octanol–water partition coefficient (Wildman–Crippen LogP) is 2.66. The fourth-order valence-electron chi connectivity index (χ4n) is 3.08. The predicted molar refractivity (Wildman–Crippen MR) is 104 cm³/mol. The van der Waals surface area contributed by atoms with E-state index in [0.717, 1.165) is 11.3 Å². The molecule has 2 aromatic rings. The summed E-state index contributed by atoms with van der Waals surface area (Å²) in [6, 6.07) is 15.2. The average Bonchev–Trinajstić information content (AvgIpc) is 2.67. The second kappa shape index (κ2) is 7.60. The number of piperazine rings is 1. The van der Waals surface area contributed by atoms with Crippen molar-refractivity contribution in [3.05, 3.63) is 65.2 Å². The molecule has 0 atom stereocenters. The molecule has 1 fully saturated rings. The van der Waals surface area contributed by atoms with E-state index >= 15 is 0 Å². The summed E-state index contributed by atoms with van der Waals surface area (Å²) in [7, 11) is 3.95. The molecule has 0 spiro atoms. The van der Waals surface area contributed by atoms with E-state index in [4.69, 9.17) is 0 Å². The molecule has 1 saturated heterocycles. The lowest BCUT2D eigenvalue weighted by Gasteiger charge is -2.35. The third-order valence-electron chi connectivity index (χ3n) is 4.78. The molecule has 0 saturated carbocycles. The Morgan fingerprint density at radius 2 is 1.12 bits per heavy atom. The molecule has 1 heterocycles. The van der Waals surface area contributed by atoms with Crippen LogP contribution in [0.3, 0.4) is 0 Å². The number of carbonyl (C=O) groups is 2. The monoisotopic (exact) mass is 351 g/mol. The number of hydrogen-bond acceptors (Lipinski definition) is 3. The maximum Gasteiger partial charge on any atom is 0.253 e. The summed E-state index contributed by atoms with van der Waals surface area (Å²) in [5, 5.41) is 0. The van der Waals surface area contributed by atoms with Crippen molar-refractivity contribution in [3.63, 3.8) is 0 Å². The zero-order valence-electron chi connectivity index (χ0n) is 15.6. The molecule has 3 rings (SSSR count). The van der Waals surface area contributed by atoms with E-state index in [1.807, 2.05) is 84.2 Å². The molecule has 0 radical (unpaired) electrons. The normalized spacial score (nSPS) is 14.3. The van der Waals surface area contributed by atoms with E-state index in [0.29, 0.717) is 37.3 Å². The molecule has 26 heavy (non-hydrogen) atoms. The third-order valence-corrected chi connectivity index (χ3v) is 4.78. The maximum absolute atomic E-state index is 12.7. The highest BCUT2D eigenvalue weighted by molar-refractivity contribution is 5.96. The van der Waals surface area contributed by atoms with Crippen LogP contribution in [0.1, 0.15) is 26.3 Å². The van der Waals surface area contributed by atoms with Crippen LogP contribution >= 0.6 is 0 Å². The van der Waals surface area contributed by atoms with Gasteiger partial charge >= 0.3 is 0 Å². The highest BCUT2D eigenvalue weighted by Gasteiger charge is 2.25. The minimum absolute atomic E-state index is 0.0257. The van der Waals surface area contributed by atoms with Crippen molar-refractivity contribution in [3.8, 4) is 0 Å². The van der Waals surface area contributed by atoms with Crippen molar-refractivity contribution < 1.29 is 9.59 Å². The standard InChI is InChI=1S/C21H25N3O2/c1-16-4-6-17(7-5-16)20(25)23-12-14-24(15-13-23)21(26)18-8-10-19(11-9-18)22(2)3/h4-11H,12-15H2,1-3H3. The first-order chi connectivity index (χ1) is 12.5. The van der Waals surface area contributed by atoms with Gasteiger partial charge in [-0.1, -0.05) is 17.7 Å². The molecule has 5 nitrogen and oxygen atoms in total. The summed E-state index contributed by atoms with van der Waals surface area (Å²) in [5.74, 6) is 0.0603. The molecular formula is C21H25N3O2. The van der Waals surface area contributed by atoms with E-state index in [1.165, 1.54) is 0 Å². The van der Waals surface area contributed by atoms with Gasteiger partial charge in [0.2, 0.25) is 0 Å². The lowest BCUT2D eigenvalue weighted by molar-refractivity contribution is 0.0535. The van der Waals surface area contributed by atoms with Crippen molar-refractivity contribution in [1.82, 2.24) is 9.80 Å². The number of aryl methyl sites for hydroxylation is 1. The second-order valence-corrected chi connectivity index (χ2v) is 6.89. The quantitative estimate of drug-likeness (QED) is 0.854. The molecule has 1 aliphatic rings. The van der Waals surface area contributed by atoms with Crippen molar-refractivity contribution in [2.45, 2.75) is 6.92 Å². The van der Waals surface area contributed by atoms with E-state index in [2.05, 4.69) is 0 Å². The summed E-state index contributed by atoms with van der Waals surface area (Å²) in [5.41, 5.74) is 3.59. The summed E-state index contributed by atoms with van der Waals surface area (Å²) < 4.78 is 0. The molecule has 0 N–H and O–H groups in total. The first kappa shape index (κ1) is 18.0. The Hall–Kier alpha value is -2.82. The fraction of sp³-hybridized carbons (Fsp3) is 0.333. The van der Waals surface area contributed by atoms with Gasteiger partial charge in [-0.15, -0.1) is 0 Å². The Kier molecular flexibility index (Phi) is 5.26. The van der Waals surface area contributed by atoms with Crippen LogP contribution in [0.4, 0.5) is 5.69 Å². The number of nitrogens with zero attached hydrogens (tertiary/aromatic N) is 3. The van der Waals surface area contributed by atoms with E-state index in [9.17, 15) is 9.59 Å². The van der Waals surface area contributed by atoms with Gasteiger partial charge in [-0.3, -0.25) is 9.59 Å². The van der Waals surface area contributed by atoms with Crippen molar-refractivity contribution in [1.29, 1.82) is 0 Å². The Labute approximate surface area is 154 Å². The van der Waals surface area contributed by atoms with Gasteiger partial charge in [0, 0.05) is 57.1 Å². The Bertz CT molecular complexity index is 774. The summed E-state index contributed by atoms with van der Waals surface area (Å²) in [6.07, 6.45) is 0. The molecule has 0 aliphatic carbocycles. The van der Waals surface area contributed by atoms with Crippen molar-refractivity contribution >= 4 is 17.5 Å². The number of anilines is 1.